The Labute approximate surface area is 155 Å². The Kier molecular flexibility index (Phi) is 4.60. The lowest BCUT2D eigenvalue weighted by atomic mass is 10.2. The number of rotatable bonds is 4. The van der Waals surface area contributed by atoms with Crippen LogP contribution >= 0.6 is 11.3 Å². The Morgan fingerprint density at radius 2 is 2.08 bits per heavy atom. The van der Waals surface area contributed by atoms with Gasteiger partial charge < -0.3 is 18.6 Å². The molecule has 0 unspecified atom stereocenters. The second kappa shape index (κ2) is 7.05. The van der Waals surface area contributed by atoms with E-state index in [9.17, 15) is 4.79 Å². The molecule has 1 aliphatic heterocycles. The van der Waals surface area contributed by atoms with Gasteiger partial charge in [0.1, 0.15) is 11.5 Å². The van der Waals surface area contributed by atoms with E-state index in [1.165, 1.54) is 16.2 Å². The Bertz CT molecular complexity index is 892. The fourth-order valence-electron chi connectivity index (χ4n) is 3.25. The molecule has 7 nitrogen and oxygen atoms in total. The molecule has 0 bridgehead atoms. The summed E-state index contributed by atoms with van der Waals surface area (Å²) >= 11 is 1.49. The summed E-state index contributed by atoms with van der Waals surface area (Å²) in [6.07, 6.45) is 0. The highest BCUT2D eigenvalue weighted by molar-refractivity contribution is 7.12. The van der Waals surface area contributed by atoms with Gasteiger partial charge in [-0.3, -0.25) is 4.79 Å². The summed E-state index contributed by atoms with van der Waals surface area (Å²) in [5.74, 6) is 2.86. The van der Waals surface area contributed by atoms with Gasteiger partial charge in [-0.25, -0.2) is 0 Å². The number of aryl methyl sites for hydroxylation is 2. The summed E-state index contributed by atoms with van der Waals surface area (Å²) in [5.41, 5.74) is 0.850. The molecule has 26 heavy (non-hydrogen) atoms. The molecule has 0 aliphatic carbocycles. The van der Waals surface area contributed by atoms with Crippen molar-refractivity contribution in [2.75, 3.05) is 26.2 Å². The number of nitrogens with one attached hydrogen (secondary N) is 1. The maximum Gasteiger partial charge on any atom is 0.271 e. The van der Waals surface area contributed by atoms with E-state index in [1.54, 1.807) is 0 Å². The molecular weight excluding hydrogens is 352 g/mol. The van der Waals surface area contributed by atoms with E-state index < -0.39 is 0 Å². The number of quaternary nitrogens is 1. The molecule has 0 spiro atoms. The summed E-state index contributed by atoms with van der Waals surface area (Å²) in [6.45, 7) is 7.69. The molecule has 136 valence electrons. The number of carbonyl (C=O) groups excluding carboxylic acids is 1. The van der Waals surface area contributed by atoms with Crippen molar-refractivity contribution >= 4 is 17.2 Å². The first kappa shape index (κ1) is 17.0. The number of hydrogen-bond donors (Lipinski definition) is 1. The monoisotopic (exact) mass is 373 g/mol. The third-order valence-electron chi connectivity index (χ3n) is 4.63. The van der Waals surface area contributed by atoms with Gasteiger partial charge in [0.15, 0.2) is 6.54 Å². The first-order valence-corrected chi connectivity index (χ1v) is 9.54. The number of piperazine rings is 1. The van der Waals surface area contributed by atoms with Crippen LogP contribution in [0.1, 0.15) is 27.1 Å². The zero-order valence-corrected chi connectivity index (χ0v) is 15.6. The van der Waals surface area contributed by atoms with Crippen molar-refractivity contribution < 1.29 is 18.5 Å². The van der Waals surface area contributed by atoms with Crippen LogP contribution in [-0.2, 0) is 6.54 Å². The molecule has 4 heterocycles. The zero-order chi connectivity index (χ0) is 18.1. The Morgan fingerprint density at radius 1 is 1.27 bits per heavy atom. The van der Waals surface area contributed by atoms with E-state index in [0.717, 1.165) is 48.1 Å². The first-order chi connectivity index (χ1) is 12.6. The highest BCUT2D eigenvalue weighted by Crippen LogP contribution is 2.25. The molecule has 1 fully saturated rings. The smallest absolute Gasteiger partial charge is 0.271 e. The fourth-order valence-corrected chi connectivity index (χ4v) is 3.94. The quantitative estimate of drug-likeness (QED) is 0.751. The molecule has 0 atom stereocenters. The van der Waals surface area contributed by atoms with Gasteiger partial charge in [0.05, 0.1) is 36.6 Å². The van der Waals surface area contributed by atoms with Gasteiger partial charge in [0, 0.05) is 0 Å². The van der Waals surface area contributed by atoms with Crippen LogP contribution < -0.4 is 4.90 Å². The number of aromatic nitrogens is 2. The third-order valence-corrected chi connectivity index (χ3v) is 5.49. The molecule has 3 aromatic heterocycles. The van der Waals surface area contributed by atoms with Crippen LogP contribution in [0, 0.1) is 13.8 Å². The molecule has 1 saturated heterocycles. The first-order valence-electron chi connectivity index (χ1n) is 8.66. The fraction of sp³-hybridized carbons (Fsp3) is 0.389. The molecular formula is C18H21N4O3S+. The minimum absolute atomic E-state index is 0.130. The van der Waals surface area contributed by atoms with Crippen molar-refractivity contribution in [3.63, 3.8) is 0 Å². The lowest BCUT2D eigenvalue weighted by molar-refractivity contribution is -0.918. The van der Waals surface area contributed by atoms with Crippen molar-refractivity contribution in [3.8, 4) is 11.5 Å². The average molecular weight is 373 g/mol. The summed E-state index contributed by atoms with van der Waals surface area (Å²) in [6, 6.07) is 5.70. The van der Waals surface area contributed by atoms with Crippen LogP contribution in [0.3, 0.4) is 0 Å². The van der Waals surface area contributed by atoms with Crippen molar-refractivity contribution in [3.05, 3.63) is 45.9 Å². The van der Waals surface area contributed by atoms with Gasteiger partial charge >= 0.3 is 0 Å². The van der Waals surface area contributed by atoms with E-state index in [0.29, 0.717) is 18.3 Å². The standard InChI is InChI=1S/C18H20N4O3S/c1-12-10-14(13(2)24-12)17-20-19-16(25-17)11-21-5-7-22(8-6-21)18(23)15-4-3-9-26-15/h3-4,9-10H,5-8,11H2,1-2H3/p+1. The number of nitrogens with zero attached hydrogens (tertiary/aromatic N) is 3. The number of hydrogen-bond acceptors (Lipinski definition) is 6. The van der Waals surface area contributed by atoms with Gasteiger partial charge in [-0.2, -0.15) is 0 Å². The number of thiophene rings is 1. The van der Waals surface area contributed by atoms with Crippen LogP contribution in [0.15, 0.2) is 32.4 Å². The van der Waals surface area contributed by atoms with Crippen LogP contribution in [0.5, 0.6) is 0 Å². The minimum Gasteiger partial charge on any atom is -0.466 e. The maximum atomic E-state index is 12.4. The topological polar surface area (TPSA) is 76.8 Å². The molecule has 1 aliphatic rings. The van der Waals surface area contributed by atoms with Crippen molar-refractivity contribution in [2.45, 2.75) is 20.4 Å². The van der Waals surface area contributed by atoms with Gasteiger partial charge in [-0.05, 0) is 31.4 Å². The molecule has 3 aromatic rings. The van der Waals surface area contributed by atoms with Gasteiger partial charge in [0.25, 0.3) is 17.7 Å². The van der Waals surface area contributed by atoms with Gasteiger partial charge in [-0.1, -0.05) is 6.07 Å². The third kappa shape index (κ3) is 3.42. The van der Waals surface area contributed by atoms with E-state index >= 15 is 0 Å². The molecule has 0 saturated carbocycles. The Hall–Kier alpha value is -2.45. The number of carbonyl (C=O) groups is 1. The number of amides is 1. The van der Waals surface area contributed by atoms with Crippen LogP contribution in [0.25, 0.3) is 11.5 Å². The summed E-state index contributed by atoms with van der Waals surface area (Å²) in [7, 11) is 0. The highest BCUT2D eigenvalue weighted by atomic mass is 32.1. The summed E-state index contributed by atoms with van der Waals surface area (Å²) in [5, 5.41) is 10.3. The second-order valence-electron chi connectivity index (χ2n) is 6.52. The molecule has 0 radical (unpaired) electrons. The van der Waals surface area contributed by atoms with E-state index in [4.69, 9.17) is 8.83 Å². The Balaban J connectivity index is 1.35. The van der Waals surface area contributed by atoms with Gasteiger partial charge in [-0.15, -0.1) is 21.5 Å². The SMILES string of the molecule is Cc1cc(-c2nnc(C[NH+]3CCN(C(=O)c4cccs4)CC3)o2)c(C)o1. The lowest BCUT2D eigenvalue weighted by Gasteiger charge is -2.31. The normalized spacial score (nSPS) is 15.5. The number of furan rings is 1. The van der Waals surface area contributed by atoms with Crippen molar-refractivity contribution in [2.24, 2.45) is 0 Å². The molecule has 1 amide bonds. The lowest BCUT2D eigenvalue weighted by Crippen LogP contribution is -3.13. The largest absolute Gasteiger partial charge is 0.466 e. The van der Waals surface area contributed by atoms with E-state index in [-0.39, 0.29) is 5.91 Å². The van der Waals surface area contributed by atoms with Gasteiger partial charge in [0.2, 0.25) is 0 Å². The van der Waals surface area contributed by atoms with E-state index in [2.05, 4.69) is 10.2 Å². The molecule has 8 heteroatoms. The van der Waals surface area contributed by atoms with Crippen molar-refractivity contribution in [1.82, 2.24) is 15.1 Å². The van der Waals surface area contributed by atoms with E-state index in [1.807, 2.05) is 42.3 Å². The predicted octanol–water partition coefficient (Wildman–Crippen LogP) is 1.55. The summed E-state index contributed by atoms with van der Waals surface area (Å²) in [4.78, 5) is 16.5. The predicted molar refractivity (Wildman–Crippen MR) is 96.1 cm³/mol. The molecule has 1 N–H and O–H groups in total. The maximum absolute atomic E-state index is 12.4. The highest BCUT2D eigenvalue weighted by Gasteiger charge is 2.26. The van der Waals surface area contributed by atoms with Crippen molar-refractivity contribution in [1.29, 1.82) is 0 Å². The van der Waals surface area contributed by atoms with Crippen LogP contribution in [0.4, 0.5) is 0 Å². The average Bonchev–Trinajstić information content (AvgIpc) is 3.36. The molecule has 4 rings (SSSR count). The Morgan fingerprint density at radius 3 is 2.73 bits per heavy atom. The zero-order valence-electron chi connectivity index (χ0n) is 14.8. The summed E-state index contributed by atoms with van der Waals surface area (Å²) < 4.78 is 11.3. The minimum atomic E-state index is 0.130. The second-order valence-corrected chi connectivity index (χ2v) is 7.47. The van der Waals surface area contributed by atoms with Crippen LogP contribution in [-0.4, -0.2) is 47.2 Å². The molecule has 0 aromatic carbocycles. The van der Waals surface area contributed by atoms with Crippen LogP contribution in [0.2, 0.25) is 0 Å².